The van der Waals surface area contributed by atoms with Gasteiger partial charge in [-0.15, -0.1) is 23.1 Å². The Morgan fingerprint density at radius 1 is 0.982 bits per heavy atom. The number of methoxy groups -OCH3 is 1. The Kier molecular flexibility index (Phi) is 14.0. The molecule has 1 atom stereocenters. The van der Waals surface area contributed by atoms with Crippen LogP contribution in [0.5, 0.6) is 11.5 Å². The van der Waals surface area contributed by atoms with Gasteiger partial charge in [0.15, 0.2) is 0 Å². The molecule has 1 aliphatic rings. The number of phenolic OH excluding ortho intramolecular Hbond substituents is 1. The fourth-order valence-corrected chi connectivity index (χ4v) is 8.10. The van der Waals surface area contributed by atoms with Crippen molar-refractivity contribution < 1.29 is 43.3 Å². The molecule has 0 spiro atoms. The maximum atomic E-state index is 13.8. The minimum absolute atomic E-state index is 0.0303. The predicted molar refractivity (Wildman–Crippen MR) is 221 cm³/mol. The first-order valence-electron chi connectivity index (χ1n) is 18.3. The van der Waals surface area contributed by atoms with Gasteiger partial charge in [0.05, 0.1) is 31.1 Å². The Morgan fingerprint density at radius 2 is 1.74 bits per heavy atom. The predicted octanol–water partition coefficient (Wildman–Crippen LogP) is 7.85. The van der Waals surface area contributed by atoms with E-state index in [9.17, 15) is 29.1 Å². The largest absolute Gasteiger partial charge is 0.508 e. The molecule has 0 saturated heterocycles. The van der Waals surface area contributed by atoms with Gasteiger partial charge in [-0.05, 0) is 94.6 Å². The summed E-state index contributed by atoms with van der Waals surface area (Å²) in [4.78, 5) is 69.8. The molecule has 0 bridgehead atoms. The van der Waals surface area contributed by atoms with Gasteiger partial charge in [-0.1, -0.05) is 31.2 Å². The summed E-state index contributed by atoms with van der Waals surface area (Å²) in [5.41, 5.74) is 1.49. The number of anilines is 2. The second kappa shape index (κ2) is 18.9. The summed E-state index contributed by atoms with van der Waals surface area (Å²) in [6, 6.07) is 19.8. The first kappa shape index (κ1) is 42.3. The molecule has 1 aromatic heterocycles. The highest BCUT2D eigenvalue weighted by Gasteiger charge is 2.33. The molecule has 2 heterocycles. The van der Waals surface area contributed by atoms with E-state index in [2.05, 4.69) is 16.0 Å². The number of carbonyl (C=O) groups is 5. The number of phenols is 1. The number of benzene rings is 3. The van der Waals surface area contributed by atoms with Crippen LogP contribution in [-0.4, -0.2) is 70.9 Å². The minimum atomic E-state index is -0.663. The van der Waals surface area contributed by atoms with Crippen LogP contribution in [0.15, 0.2) is 83.4 Å². The van der Waals surface area contributed by atoms with Crippen molar-refractivity contribution in [3.05, 3.63) is 106 Å². The average Bonchev–Trinajstić information content (AvgIpc) is 3.54. The maximum absolute atomic E-state index is 13.8. The maximum Gasteiger partial charge on any atom is 0.410 e. The number of thiophene rings is 1. The van der Waals surface area contributed by atoms with Crippen molar-refractivity contribution in [1.82, 2.24) is 10.2 Å². The van der Waals surface area contributed by atoms with Crippen LogP contribution in [0.25, 0.3) is 6.08 Å². The summed E-state index contributed by atoms with van der Waals surface area (Å²) in [6.07, 6.45) is 1.83. The van der Waals surface area contributed by atoms with Crippen molar-refractivity contribution in [3.63, 3.8) is 0 Å². The van der Waals surface area contributed by atoms with Crippen LogP contribution < -0.4 is 20.7 Å². The van der Waals surface area contributed by atoms with Crippen LogP contribution in [0.4, 0.5) is 15.5 Å². The van der Waals surface area contributed by atoms with Crippen molar-refractivity contribution in [1.29, 1.82) is 0 Å². The molecule has 1 aliphatic heterocycles. The fraction of sp³-hybridized carbons (Fsp3) is 0.310. The molecule has 0 radical (unpaired) electrons. The summed E-state index contributed by atoms with van der Waals surface area (Å²) in [5.74, 6) is -1.75. The molecule has 4 aromatic rings. The van der Waals surface area contributed by atoms with Crippen molar-refractivity contribution >= 4 is 69.6 Å². The lowest BCUT2D eigenvalue weighted by atomic mass is 10.0. The van der Waals surface area contributed by atoms with Crippen LogP contribution in [0.2, 0.25) is 0 Å². The molecular weight excluding hydrogens is 769 g/mol. The Balaban J connectivity index is 1.34. The van der Waals surface area contributed by atoms with Gasteiger partial charge < -0.3 is 40.2 Å². The lowest BCUT2D eigenvalue weighted by Crippen LogP contribution is -2.39. The minimum Gasteiger partial charge on any atom is -0.508 e. The zero-order valence-corrected chi connectivity index (χ0v) is 34.2. The lowest BCUT2D eigenvalue weighted by Gasteiger charge is -2.30. The normalized spacial score (nSPS) is 13.2. The Bertz CT molecular complexity index is 2160. The van der Waals surface area contributed by atoms with E-state index in [1.165, 1.54) is 48.4 Å². The van der Waals surface area contributed by atoms with E-state index in [0.29, 0.717) is 51.7 Å². The number of thioether (sulfide) groups is 1. The van der Waals surface area contributed by atoms with Gasteiger partial charge >= 0.3 is 12.1 Å². The molecule has 5 rings (SSSR count). The van der Waals surface area contributed by atoms with Crippen molar-refractivity contribution in [2.75, 3.05) is 30.9 Å². The Labute approximate surface area is 339 Å². The van der Waals surface area contributed by atoms with Crippen LogP contribution in [-0.2, 0) is 32.0 Å². The van der Waals surface area contributed by atoms with Crippen molar-refractivity contribution in [3.8, 4) is 11.5 Å². The third-order valence-electron chi connectivity index (χ3n) is 8.50. The highest BCUT2D eigenvalue weighted by atomic mass is 32.2. The highest BCUT2D eigenvalue weighted by molar-refractivity contribution is 8.00. The standard InChI is InChI=1S/C42H46N4O9S2/c1-7-33(38(50)45-39-35(40(51)54-8-2)30-19-20-46(24-34(30)57-39)41(52)55-42(3,4)5)56-29-16-12-15-27(22-29)43-37(49)31(44-36(48)25-13-10-9-11-14-25)21-26-17-18-28(47)23-32(26)53-6/h9-18,21-23,33,47H,7-8,19-20,24H2,1-6H3,(H,43,49)(H,44,48)(H,45,50)/b31-21+. The number of rotatable bonds is 13. The number of nitrogens with one attached hydrogen (secondary N) is 3. The number of amides is 4. The molecular formula is C42H46N4O9S2. The van der Waals surface area contributed by atoms with Gasteiger partial charge in [0.25, 0.3) is 11.8 Å². The first-order chi connectivity index (χ1) is 27.2. The van der Waals surface area contributed by atoms with Gasteiger partial charge in [0.2, 0.25) is 5.91 Å². The van der Waals surface area contributed by atoms with Crippen molar-refractivity contribution in [2.24, 2.45) is 0 Å². The molecule has 15 heteroatoms. The molecule has 0 aliphatic carbocycles. The smallest absolute Gasteiger partial charge is 0.410 e. The molecule has 3 aromatic carbocycles. The van der Waals surface area contributed by atoms with Crippen LogP contribution in [0.3, 0.4) is 0 Å². The van der Waals surface area contributed by atoms with Gasteiger partial charge in [0, 0.05) is 39.2 Å². The SMILES string of the molecule is CCOC(=O)c1c(NC(=O)C(CC)Sc2cccc(NC(=O)/C(=C\c3ccc(O)cc3OC)NC(=O)c3ccccc3)c2)sc2c1CCN(C(=O)OC(C)(C)C)C2. The number of aromatic hydroxyl groups is 1. The Morgan fingerprint density at radius 3 is 2.42 bits per heavy atom. The quantitative estimate of drug-likeness (QED) is 0.0592. The average molecular weight is 815 g/mol. The Hall–Kier alpha value is -5.80. The van der Waals surface area contributed by atoms with Crippen LogP contribution >= 0.6 is 23.1 Å². The first-order valence-corrected chi connectivity index (χ1v) is 20.0. The molecule has 1 unspecified atom stereocenters. The van der Waals surface area contributed by atoms with Gasteiger partial charge in [0.1, 0.15) is 27.8 Å². The van der Waals surface area contributed by atoms with Gasteiger partial charge in [-0.25, -0.2) is 9.59 Å². The number of hydrogen-bond donors (Lipinski definition) is 4. The monoisotopic (exact) mass is 814 g/mol. The molecule has 57 heavy (non-hydrogen) atoms. The summed E-state index contributed by atoms with van der Waals surface area (Å²) >= 11 is 2.52. The second-order valence-corrected chi connectivity index (χ2v) is 16.3. The molecule has 4 N–H and O–H groups in total. The van der Waals surface area contributed by atoms with E-state index in [0.717, 1.165) is 10.4 Å². The number of esters is 1. The fourth-order valence-electron chi connectivity index (χ4n) is 5.83. The zero-order chi connectivity index (χ0) is 41.3. The van der Waals surface area contributed by atoms with E-state index in [1.54, 1.807) is 87.2 Å². The van der Waals surface area contributed by atoms with E-state index in [4.69, 9.17) is 14.2 Å². The van der Waals surface area contributed by atoms with Gasteiger partial charge in [-0.2, -0.15) is 0 Å². The summed E-state index contributed by atoms with van der Waals surface area (Å²) < 4.78 is 16.3. The number of ether oxygens (including phenoxy) is 3. The molecule has 13 nitrogen and oxygen atoms in total. The van der Waals surface area contributed by atoms with Crippen molar-refractivity contribution in [2.45, 2.75) is 69.8 Å². The topological polar surface area (TPSA) is 173 Å². The van der Waals surface area contributed by atoms with E-state index in [-0.39, 0.29) is 36.3 Å². The summed E-state index contributed by atoms with van der Waals surface area (Å²) in [5, 5.41) is 18.2. The van der Waals surface area contributed by atoms with Gasteiger partial charge in [-0.3, -0.25) is 14.4 Å². The van der Waals surface area contributed by atoms with Crippen LogP contribution in [0.1, 0.15) is 77.8 Å². The van der Waals surface area contributed by atoms with E-state index >= 15 is 0 Å². The van der Waals surface area contributed by atoms with E-state index < -0.39 is 34.7 Å². The number of fused-ring (bicyclic) bond motifs is 1. The lowest BCUT2D eigenvalue weighted by molar-refractivity contribution is -0.116. The third kappa shape index (κ3) is 11.2. The molecule has 4 amide bonds. The second-order valence-electron chi connectivity index (χ2n) is 13.9. The summed E-state index contributed by atoms with van der Waals surface area (Å²) in [6.45, 7) is 9.72. The number of hydrogen-bond acceptors (Lipinski definition) is 11. The third-order valence-corrected chi connectivity index (χ3v) is 11.0. The molecule has 300 valence electrons. The number of carbonyl (C=O) groups excluding carboxylic acids is 5. The van der Waals surface area contributed by atoms with Crippen LogP contribution in [0, 0.1) is 0 Å². The highest BCUT2D eigenvalue weighted by Crippen LogP contribution is 2.39. The van der Waals surface area contributed by atoms with E-state index in [1.807, 2.05) is 13.0 Å². The number of nitrogens with zero attached hydrogens (tertiary/aromatic N) is 1. The molecule has 0 saturated carbocycles. The zero-order valence-electron chi connectivity index (χ0n) is 32.6. The summed E-state index contributed by atoms with van der Waals surface area (Å²) in [7, 11) is 1.43. The molecule has 0 fully saturated rings.